The van der Waals surface area contributed by atoms with E-state index in [9.17, 15) is 4.79 Å². The third kappa shape index (κ3) is 2.97. The number of hydrogen-bond acceptors (Lipinski definition) is 3. The number of ether oxygens (including phenoxy) is 2. The van der Waals surface area contributed by atoms with E-state index in [4.69, 9.17) is 21.1 Å². The van der Waals surface area contributed by atoms with Crippen LogP contribution in [0.1, 0.15) is 49.5 Å². The summed E-state index contributed by atoms with van der Waals surface area (Å²) in [4.78, 5) is 13.7. The first-order valence-corrected chi connectivity index (χ1v) is 9.89. The molecule has 4 rings (SSSR count). The van der Waals surface area contributed by atoms with Crippen LogP contribution in [0.5, 0.6) is 5.75 Å². The van der Waals surface area contributed by atoms with Gasteiger partial charge in [-0.3, -0.25) is 4.79 Å². The van der Waals surface area contributed by atoms with Gasteiger partial charge < -0.3 is 9.47 Å². The van der Waals surface area contributed by atoms with Gasteiger partial charge in [0, 0.05) is 21.9 Å². The summed E-state index contributed by atoms with van der Waals surface area (Å²) < 4.78 is 12.6. The summed E-state index contributed by atoms with van der Waals surface area (Å²) in [7, 11) is 0. The lowest BCUT2D eigenvalue weighted by atomic mass is 9.60. The molecule has 142 valence electrons. The first-order valence-electron chi connectivity index (χ1n) is 9.51. The van der Waals surface area contributed by atoms with Crippen LogP contribution < -0.4 is 4.74 Å². The maximum Gasteiger partial charge on any atom is 0.205 e. The molecule has 27 heavy (non-hydrogen) atoms. The van der Waals surface area contributed by atoms with Gasteiger partial charge in [-0.1, -0.05) is 57.5 Å². The summed E-state index contributed by atoms with van der Waals surface area (Å²) in [5.41, 5.74) is 1.46. The first-order chi connectivity index (χ1) is 12.8. The van der Waals surface area contributed by atoms with Crippen molar-refractivity contribution in [3.63, 3.8) is 0 Å². The number of ketones is 1. The Morgan fingerprint density at radius 3 is 2.41 bits per heavy atom. The molecular weight excluding hydrogens is 360 g/mol. The maximum absolute atomic E-state index is 13.7. The molecule has 0 saturated carbocycles. The van der Waals surface area contributed by atoms with Crippen molar-refractivity contribution < 1.29 is 14.3 Å². The van der Waals surface area contributed by atoms with Crippen molar-refractivity contribution in [3.05, 3.63) is 64.7 Å². The van der Waals surface area contributed by atoms with Crippen molar-refractivity contribution in [2.75, 3.05) is 0 Å². The predicted octanol–water partition coefficient (Wildman–Crippen LogP) is 5.72. The Balaban J connectivity index is 1.86. The fourth-order valence-corrected chi connectivity index (χ4v) is 4.74. The average molecular weight is 385 g/mol. The van der Waals surface area contributed by atoms with Gasteiger partial charge in [0.05, 0.1) is 12.0 Å². The molecular formula is C23H25ClO3. The predicted molar refractivity (Wildman–Crippen MR) is 106 cm³/mol. The van der Waals surface area contributed by atoms with Gasteiger partial charge in [-0.15, -0.1) is 0 Å². The first kappa shape index (κ1) is 18.5. The highest BCUT2D eigenvalue weighted by Crippen LogP contribution is 2.57. The second-order valence-electron chi connectivity index (χ2n) is 8.53. The SMILES string of the molecule is CC(C)[C@@H]1O[C@H]2Oc3ccccc3[C@@H]([C@H]1C(=O)c1ccc(Cl)cc1)C2(C)C. The lowest BCUT2D eigenvalue weighted by molar-refractivity contribution is -0.249. The summed E-state index contributed by atoms with van der Waals surface area (Å²) >= 11 is 6.03. The van der Waals surface area contributed by atoms with Crippen LogP contribution in [0.2, 0.25) is 5.02 Å². The van der Waals surface area contributed by atoms with E-state index in [0.717, 1.165) is 11.3 Å². The molecule has 0 amide bonds. The van der Waals surface area contributed by atoms with Crippen molar-refractivity contribution in [1.29, 1.82) is 0 Å². The number of carbonyl (C=O) groups excluding carboxylic acids is 1. The minimum absolute atomic E-state index is 0.0248. The number of benzene rings is 2. The Kier molecular flexibility index (Phi) is 4.56. The Morgan fingerprint density at radius 2 is 1.74 bits per heavy atom. The zero-order valence-corrected chi connectivity index (χ0v) is 16.9. The molecule has 4 atom stereocenters. The van der Waals surface area contributed by atoms with E-state index in [1.54, 1.807) is 12.1 Å². The summed E-state index contributed by atoms with van der Waals surface area (Å²) in [6.45, 7) is 8.48. The molecule has 0 aromatic heterocycles. The van der Waals surface area contributed by atoms with Crippen LogP contribution in [0.4, 0.5) is 0 Å². The van der Waals surface area contributed by atoms with E-state index >= 15 is 0 Å². The van der Waals surface area contributed by atoms with Crippen molar-refractivity contribution in [1.82, 2.24) is 0 Å². The van der Waals surface area contributed by atoms with E-state index in [-0.39, 0.29) is 41.3 Å². The van der Waals surface area contributed by atoms with Gasteiger partial charge in [0.2, 0.25) is 6.29 Å². The largest absolute Gasteiger partial charge is 0.464 e. The normalized spacial score (nSPS) is 28.4. The fourth-order valence-electron chi connectivity index (χ4n) is 4.61. The minimum Gasteiger partial charge on any atom is -0.464 e. The molecule has 2 aromatic carbocycles. The number of Topliss-reactive ketones (excluding diaryl/α,β-unsaturated/α-hetero) is 1. The Bertz CT molecular complexity index is 856. The van der Waals surface area contributed by atoms with E-state index in [2.05, 4.69) is 33.8 Å². The van der Waals surface area contributed by atoms with Crippen LogP contribution >= 0.6 is 11.6 Å². The molecule has 2 heterocycles. The molecule has 2 bridgehead atoms. The van der Waals surface area contributed by atoms with Crippen LogP contribution in [0.15, 0.2) is 48.5 Å². The van der Waals surface area contributed by atoms with Gasteiger partial charge in [-0.25, -0.2) is 0 Å². The Morgan fingerprint density at radius 1 is 1.07 bits per heavy atom. The third-order valence-corrected chi connectivity index (χ3v) is 6.23. The van der Waals surface area contributed by atoms with Gasteiger partial charge in [0.15, 0.2) is 5.78 Å². The molecule has 1 fully saturated rings. The number of halogens is 1. The van der Waals surface area contributed by atoms with Crippen LogP contribution in [0, 0.1) is 17.3 Å². The fraction of sp³-hybridized carbons (Fsp3) is 0.435. The minimum atomic E-state index is -0.362. The monoisotopic (exact) mass is 384 g/mol. The van der Waals surface area contributed by atoms with Crippen molar-refractivity contribution in [2.45, 2.75) is 46.0 Å². The Hall–Kier alpha value is -1.84. The van der Waals surface area contributed by atoms with E-state index in [1.165, 1.54) is 0 Å². The summed E-state index contributed by atoms with van der Waals surface area (Å²) in [6, 6.07) is 15.2. The molecule has 0 N–H and O–H groups in total. The standard InChI is InChI=1S/C23H25ClO3/c1-13(2)21-18(20(25)14-9-11-15(24)12-10-14)19-16-7-5-6-8-17(16)26-22(27-21)23(19,3)4/h5-13,18-19,21-22H,1-4H3/t18-,19-,21-,22+/m0/s1. The molecule has 0 unspecified atom stereocenters. The number of carbonyl (C=O) groups is 1. The molecule has 0 aliphatic carbocycles. The highest BCUT2D eigenvalue weighted by molar-refractivity contribution is 6.30. The van der Waals surface area contributed by atoms with Crippen molar-refractivity contribution >= 4 is 17.4 Å². The maximum atomic E-state index is 13.7. The van der Waals surface area contributed by atoms with E-state index in [0.29, 0.717) is 10.6 Å². The lowest BCUT2D eigenvalue weighted by Crippen LogP contribution is -2.59. The van der Waals surface area contributed by atoms with Crippen LogP contribution in [0.3, 0.4) is 0 Å². The highest BCUT2D eigenvalue weighted by Gasteiger charge is 2.58. The molecule has 4 heteroatoms. The van der Waals surface area contributed by atoms with Gasteiger partial charge in [-0.2, -0.15) is 0 Å². The van der Waals surface area contributed by atoms with Gasteiger partial charge in [0.1, 0.15) is 5.75 Å². The topological polar surface area (TPSA) is 35.5 Å². The van der Waals surface area contributed by atoms with E-state index < -0.39 is 0 Å². The molecule has 2 aliphatic rings. The summed E-state index contributed by atoms with van der Waals surface area (Å²) in [6.07, 6.45) is -0.566. The number of fused-ring (bicyclic) bond motifs is 4. The zero-order chi connectivity index (χ0) is 19.3. The number of rotatable bonds is 3. The molecule has 0 radical (unpaired) electrons. The van der Waals surface area contributed by atoms with Crippen molar-refractivity contribution in [3.8, 4) is 5.75 Å². The lowest BCUT2D eigenvalue weighted by Gasteiger charge is -2.55. The molecule has 2 aromatic rings. The number of para-hydroxylation sites is 1. The van der Waals surface area contributed by atoms with Crippen LogP contribution in [-0.4, -0.2) is 18.2 Å². The summed E-state index contributed by atoms with van der Waals surface area (Å²) in [5.74, 6) is 0.877. The molecule has 1 saturated heterocycles. The molecule has 2 aliphatic heterocycles. The second-order valence-corrected chi connectivity index (χ2v) is 8.96. The summed E-state index contributed by atoms with van der Waals surface area (Å²) in [5, 5.41) is 0.628. The van der Waals surface area contributed by atoms with Crippen LogP contribution in [0.25, 0.3) is 0 Å². The van der Waals surface area contributed by atoms with Gasteiger partial charge >= 0.3 is 0 Å². The second kappa shape index (κ2) is 6.65. The molecule has 0 spiro atoms. The van der Waals surface area contributed by atoms with Crippen molar-refractivity contribution in [2.24, 2.45) is 17.3 Å². The van der Waals surface area contributed by atoms with Gasteiger partial charge in [-0.05, 0) is 41.8 Å². The number of hydrogen-bond donors (Lipinski definition) is 0. The Labute approximate surface area is 165 Å². The van der Waals surface area contributed by atoms with Crippen LogP contribution in [-0.2, 0) is 4.74 Å². The van der Waals surface area contributed by atoms with Gasteiger partial charge in [0.25, 0.3) is 0 Å². The van der Waals surface area contributed by atoms with E-state index in [1.807, 2.05) is 30.3 Å². The smallest absolute Gasteiger partial charge is 0.205 e. The zero-order valence-electron chi connectivity index (χ0n) is 16.1. The average Bonchev–Trinajstić information content (AvgIpc) is 2.61. The molecule has 3 nitrogen and oxygen atoms in total. The quantitative estimate of drug-likeness (QED) is 0.634. The highest BCUT2D eigenvalue weighted by atomic mass is 35.5. The third-order valence-electron chi connectivity index (χ3n) is 5.98.